The van der Waals surface area contributed by atoms with E-state index in [1.807, 2.05) is 49.6 Å². The van der Waals surface area contributed by atoms with E-state index in [1.54, 1.807) is 24.1 Å². The van der Waals surface area contributed by atoms with Gasteiger partial charge in [0.15, 0.2) is 5.82 Å². The van der Waals surface area contributed by atoms with Crippen LogP contribution in [0.4, 0.5) is 0 Å². The summed E-state index contributed by atoms with van der Waals surface area (Å²) in [6.45, 7) is 6.10. The molecule has 0 N–H and O–H groups in total. The van der Waals surface area contributed by atoms with Gasteiger partial charge in [-0.15, -0.1) is 0 Å². The molecule has 0 fully saturated rings. The quantitative estimate of drug-likeness (QED) is 0.723. The highest BCUT2D eigenvalue weighted by Crippen LogP contribution is 2.22. The van der Waals surface area contributed by atoms with Crippen LogP contribution in [-0.4, -0.2) is 27.6 Å². The minimum absolute atomic E-state index is 0.0769. The molecule has 0 aliphatic rings. The Bertz CT molecular complexity index is 1010. The van der Waals surface area contributed by atoms with Crippen LogP contribution in [0.3, 0.4) is 0 Å². The normalized spacial score (nSPS) is 10.6. The smallest absolute Gasteiger partial charge is 0.255 e. The third kappa shape index (κ3) is 3.24. The van der Waals surface area contributed by atoms with Crippen LogP contribution in [0.1, 0.15) is 38.6 Å². The van der Waals surface area contributed by atoms with Gasteiger partial charge in [-0.3, -0.25) is 9.36 Å². The van der Waals surface area contributed by atoms with E-state index < -0.39 is 0 Å². The van der Waals surface area contributed by atoms with E-state index in [9.17, 15) is 4.79 Å². The minimum atomic E-state index is -0.0769. The Morgan fingerprint density at radius 1 is 1.27 bits per heavy atom. The van der Waals surface area contributed by atoms with Crippen LogP contribution in [0.2, 0.25) is 0 Å². The number of amides is 1. The van der Waals surface area contributed by atoms with Crippen LogP contribution in [0, 0.1) is 32.1 Å². The maximum absolute atomic E-state index is 12.9. The van der Waals surface area contributed by atoms with Gasteiger partial charge in [0.2, 0.25) is 0 Å². The molecule has 0 unspecified atom stereocenters. The van der Waals surface area contributed by atoms with Crippen LogP contribution >= 0.6 is 0 Å². The van der Waals surface area contributed by atoms with Crippen molar-refractivity contribution in [2.24, 2.45) is 0 Å². The third-order valence-corrected chi connectivity index (χ3v) is 4.33. The Hall–Kier alpha value is -3.33. The minimum Gasteiger partial charge on any atom is -0.360 e. The SMILES string of the molecule is Cc1cc(-n2c(C)cc(C(=O)N(C)Cc3cccc(C#N)c3)c2C)no1. The highest BCUT2D eigenvalue weighted by molar-refractivity contribution is 5.95. The van der Waals surface area contributed by atoms with Crippen LogP contribution in [-0.2, 0) is 6.54 Å². The van der Waals surface area contributed by atoms with E-state index in [2.05, 4.69) is 11.2 Å². The van der Waals surface area contributed by atoms with E-state index >= 15 is 0 Å². The summed E-state index contributed by atoms with van der Waals surface area (Å²) in [4.78, 5) is 14.6. The lowest BCUT2D eigenvalue weighted by molar-refractivity contribution is 0.0784. The van der Waals surface area contributed by atoms with Crippen molar-refractivity contribution in [3.63, 3.8) is 0 Å². The molecular formula is C20H20N4O2. The molecule has 0 bridgehead atoms. The molecule has 6 heteroatoms. The van der Waals surface area contributed by atoms with E-state index in [0.717, 1.165) is 22.7 Å². The van der Waals surface area contributed by atoms with Gasteiger partial charge in [0, 0.05) is 31.0 Å². The second-order valence-corrected chi connectivity index (χ2v) is 6.39. The Kier molecular flexibility index (Phi) is 4.63. The van der Waals surface area contributed by atoms with E-state index in [1.165, 1.54) is 0 Å². The first kappa shape index (κ1) is 17.5. The van der Waals surface area contributed by atoms with Gasteiger partial charge in [-0.1, -0.05) is 17.3 Å². The molecule has 132 valence electrons. The van der Waals surface area contributed by atoms with Crippen molar-refractivity contribution < 1.29 is 9.32 Å². The predicted molar refractivity (Wildman–Crippen MR) is 97.0 cm³/mol. The number of hydrogen-bond donors (Lipinski definition) is 0. The maximum Gasteiger partial charge on any atom is 0.255 e. The van der Waals surface area contributed by atoms with Gasteiger partial charge >= 0.3 is 0 Å². The van der Waals surface area contributed by atoms with E-state index in [-0.39, 0.29) is 5.91 Å². The Morgan fingerprint density at radius 2 is 2.04 bits per heavy atom. The molecule has 0 saturated carbocycles. The summed E-state index contributed by atoms with van der Waals surface area (Å²) in [6.07, 6.45) is 0. The summed E-state index contributed by atoms with van der Waals surface area (Å²) in [5, 5.41) is 13.1. The molecule has 0 radical (unpaired) electrons. The number of nitrogens with zero attached hydrogens (tertiary/aromatic N) is 4. The standard InChI is InChI=1S/C20H20N4O2/c1-13-8-18(15(3)24(13)19-9-14(2)26-22-19)20(25)23(4)12-17-7-5-6-16(10-17)11-21/h5-10H,12H2,1-4H3. The molecule has 3 rings (SSSR count). The number of hydrogen-bond acceptors (Lipinski definition) is 4. The monoisotopic (exact) mass is 348 g/mol. The zero-order chi connectivity index (χ0) is 18.8. The number of aryl methyl sites for hydroxylation is 2. The molecule has 3 aromatic rings. The highest BCUT2D eigenvalue weighted by atomic mass is 16.5. The summed E-state index contributed by atoms with van der Waals surface area (Å²) in [7, 11) is 1.76. The summed E-state index contributed by atoms with van der Waals surface area (Å²) in [5.41, 5.74) is 3.86. The summed E-state index contributed by atoms with van der Waals surface area (Å²) >= 11 is 0. The molecule has 0 aliphatic heterocycles. The van der Waals surface area contributed by atoms with Crippen molar-refractivity contribution in [1.29, 1.82) is 5.26 Å². The lowest BCUT2D eigenvalue weighted by Crippen LogP contribution is -2.26. The topological polar surface area (TPSA) is 75.1 Å². The van der Waals surface area contributed by atoms with E-state index in [0.29, 0.717) is 23.5 Å². The average Bonchev–Trinajstić information content (AvgIpc) is 3.17. The molecular weight excluding hydrogens is 328 g/mol. The Morgan fingerprint density at radius 3 is 2.69 bits per heavy atom. The first-order chi connectivity index (χ1) is 12.4. The first-order valence-electron chi connectivity index (χ1n) is 8.28. The van der Waals surface area contributed by atoms with Gasteiger partial charge in [-0.05, 0) is 44.5 Å². The van der Waals surface area contributed by atoms with Gasteiger partial charge in [-0.2, -0.15) is 5.26 Å². The van der Waals surface area contributed by atoms with Crippen LogP contribution < -0.4 is 0 Å². The zero-order valence-corrected chi connectivity index (χ0v) is 15.3. The third-order valence-electron chi connectivity index (χ3n) is 4.33. The number of rotatable bonds is 4. The molecule has 0 saturated heterocycles. The van der Waals surface area contributed by atoms with Crippen LogP contribution in [0.5, 0.6) is 0 Å². The van der Waals surface area contributed by atoms with Gasteiger partial charge in [-0.25, -0.2) is 0 Å². The Balaban J connectivity index is 1.87. The van der Waals surface area contributed by atoms with Crippen molar-refractivity contribution in [3.05, 3.63) is 70.2 Å². The van der Waals surface area contributed by atoms with Crippen molar-refractivity contribution >= 4 is 5.91 Å². The molecule has 1 aromatic carbocycles. The summed E-state index contributed by atoms with van der Waals surface area (Å²) in [5.74, 6) is 1.31. The number of carbonyl (C=O) groups excluding carboxylic acids is 1. The number of aromatic nitrogens is 2. The number of benzene rings is 1. The predicted octanol–water partition coefficient (Wildman–Crippen LogP) is 3.53. The molecule has 2 heterocycles. The fraction of sp³-hybridized carbons (Fsp3) is 0.250. The molecule has 0 spiro atoms. The second-order valence-electron chi connectivity index (χ2n) is 6.39. The molecule has 0 aliphatic carbocycles. The van der Waals surface area contributed by atoms with Crippen molar-refractivity contribution in [3.8, 4) is 11.9 Å². The average molecular weight is 348 g/mol. The van der Waals surface area contributed by atoms with Crippen molar-refractivity contribution in [2.75, 3.05) is 7.05 Å². The highest BCUT2D eigenvalue weighted by Gasteiger charge is 2.21. The van der Waals surface area contributed by atoms with E-state index in [4.69, 9.17) is 9.78 Å². The lowest BCUT2D eigenvalue weighted by atomic mass is 10.1. The largest absolute Gasteiger partial charge is 0.360 e. The molecule has 1 amide bonds. The van der Waals surface area contributed by atoms with Gasteiger partial charge in [0.05, 0.1) is 17.2 Å². The van der Waals surface area contributed by atoms with Crippen molar-refractivity contribution in [1.82, 2.24) is 14.6 Å². The lowest BCUT2D eigenvalue weighted by Gasteiger charge is -2.17. The van der Waals surface area contributed by atoms with Gasteiger partial charge in [0.1, 0.15) is 5.76 Å². The molecule has 6 nitrogen and oxygen atoms in total. The second kappa shape index (κ2) is 6.89. The fourth-order valence-corrected chi connectivity index (χ4v) is 3.08. The zero-order valence-electron chi connectivity index (χ0n) is 15.3. The van der Waals surface area contributed by atoms with Gasteiger partial charge in [0.25, 0.3) is 5.91 Å². The van der Waals surface area contributed by atoms with Crippen LogP contribution in [0.15, 0.2) is 40.9 Å². The van der Waals surface area contributed by atoms with Crippen LogP contribution in [0.25, 0.3) is 5.82 Å². The first-order valence-corrected chi connectivity index (χ1v) is 8.28. The number of nitriles is 1. The molecule has 0 atom stereocenters. The number of carbonyl (C=O) groups is 1. The fourth-order valence-electron chi connectivity index (χ4n) is 3.08. The maximum atomic E-state index is 12.9. The summed E-state index contributed by atoms with van der Waals surface area (Å²) in [6, 6.07) is 13.1. The Labute approximate surface area is 152 Å². The van der Waals surface area contributed by atoms with Gasteiger partial charge < -0.3 is 9.42 Å². The summed E-state index contributed by atoms with van der Waals surface area (Å²) < 4.78 is 7.06. The molecule has 26 heavy (non-hydrogen) atoms. The molecule has 2 aromatic heterocycles. The van der Waals surface area contributed by atoms with Crippen molar-refractivity contribution in [2.45, 2.75) is 27.3 Å².